The predicted octanol–water partition coefficient (Wildman–Crippen LogP) is 2.98. The van der Waals surface area contributed by atoms with E-state index in [0.717, 1.165) is 0 Å². The highest BCUT2D eigenvalue weighted by atomic mass is 19.1. The lowest BCUT2D eigenvalue weighted by molar-refractivity contribution is 0.284. The average Bonchev–Trinajstić information content (AvgIpc) is 2.37. The van der Waals surface area contributed by atoms with E-state index in [0.29, 0.717) is 11.3 Å². The van der Waals surface area contributed by atoms with Crippen molar-refractivity contribution in [3.05, 3.63) is 53.7 Å². The fourth-order valence-electron chi connectivity index (χ4n) is 1.56. The molecule has 0 atom stereocenters. The van der Waals surface area contributed by atoms with Gasteiger partial charge in [0.1, 0.15) is 12.4 Å². The molecule has 0 aliphatic rings. The molecule has 0 aliphatic carbocycles. The standard InChI is InChI=1S/C13H12F2N2O/c1-16-11-5-2-4-10(14)9(11)8-18-13-7-3-6-12(15)17-13/h2-7,16H,8H2,1H3. The van der Waals surface area contributed by atoms with Gasteiger partial charge in [-0.2, -0.15) is 9.37 Å². The molecule has 18 heavy (non-hydrogen) atoms. The molecule has 1 aromatic carbocycles. The normalized spacial score (nSPS) is 10.2. The van der Waals surface area contributed by atoms with Crippen molar-refractivity contribution in [2.24, 2.45) is 0 Å². The van der Waals surface area contributed by atoms with Crippen LogP contribution >= 0.6 is 0 Å². The number of aromatic nitrogens is 1. The Morgan fingerprint density at radius 3 is 2.67 bits per heavy atom. The first-order chi connectivity index (χ1) is 8.70. The summed E-state index contributed by atoms with van der Waals surface area (Å²) < 4.78 is 31.7. The summed E-state index contributed by atoms with van der Waals surface area (Å²) in [7, 11) is 1.69. The molecular weight excluding hydrogens is 238 g/mol. The summed E-state index contributed by atoms with van der Waals surface area (Å²) in [6, 6.07) is 8.90. The molecule has 0 unspecified atom stereocenters. The molecule has 1 heterocycles. The van der Waals surface area contributed by atoms with E-state index in [1.165, 1.54) is 24.3 Å². The second-order valence-electron chi connectivity index (χ2n) is 3.60. The van der Waals surface area contributed by atoms with E-state index < -0.39 is 5.95 Å². The SMILES string of the molecule is CNc1cccc(F)c1COc1cccc(F)n1. The van der Waals surface area contributed by atoms with Gasteiger partial charge in [0, 0.05) is 24.4 Å². The molecule has 1 aromatic heterocycles. The van der Waals surface area contributed by atoms with Crippen LogP contribution in [-0.4, -0.2) is 12.0 Å². The fraction of sp³-hybridized carbons (Fsp3) is 0.154. The Hall–Kier alpha value is -2.17. The monoisotopic (exact) mass is 250 g/mol. The van der Waals surface area contributed by atoms with Crippen LogP contribution in [0.5, 0.6) is 5.88 Å². The number of benzene rings is 1. The van der Waals surface area contributed by atoms with Crippen LogP contribution in [0, 0.1) is 11.8 Å². The third-order valence-electron chi connectivity index (χ3n) is 2.44. The molecule has 0 fully saturated rings. The number of ether oxygens (including phenoxy) is 1. The average molecular weight is 250 g/mol. The highest BCUT2D eigenvalue weighted by Crippen LogP contribution is 2.20. The molecule has 3 nitrogen and oxygen atoms in total. The van der Waals surface area contributed by atoms with Crippen LogP contribution in [0.4, 0.5) is 14.5 Å². The second kappa shape index (κ2) is 5.44. The van der Waals surface area contributed by atoms with Crippen LogP contribution in [0.3, 0.4) is 0 Å². The van der Waals surface area contributed by atoms with E-state index in [9.17, 15) is 8.78 Å². The lowest BCUT2D eigenvalue weighted by atomic mass is 10.2. The maximum atomic E-state index is 13.6. The van der Waals surface area contributed by atoms with Crippen LogP contribution in [0.15, 0.2) is 36.4 Å². The second-order valence-corrected chi connectivity index (χ2v) is 3.60. The fourth-order valence-corrected chi connectivity index (χ4v) is 1.56. The minimum Gasteiger partial charge on any atom is -0.473 e. The quantitative estimate of drug-likeness (QED) is 0.847. The lowest BCUT2D eigenvalue weighted by Gasteiger charge is -2.11. The summed E-state index contributed by atoms with van der Waals surface area (Å²) in [6.45, 7) is -0.0146. The van der Waals surface area contributed by atoms with Crippen LogP contribution in [0.2, 0.25) is 0 Å². The zero-order chi connectivity index (χ0) is 13.0. The minimum atomic E-state index is -0.630. The van der Waals surface area contributed by atoms with Crippen molar-refractivity contribution in [2.75, 3.05) is 12.4 Å². The third kappa shape index (κ3) is 2.74. The number of hydrogen-bond acceptors (Lipinski definition) is 3. The van der Waals surface area contributed by atoms with Crippen LogP contribution < -0.4 is 10.1 Å². The molecule has 0 aliphatic heterocycles. The van der Waals surface area contributed by atoms with Crippen LogP contribution in [-0.2, 0) is 6.61 Å². The number of nitrogens with zero attached hydrogens (tertiary/aromatic N) is 1. The molecule has 0 bridgehead atoms. The first-order valence-electron chi connectivity index (χ1n) is 5.41. The van der Waals surface area contributed by atoms with Gasteiger partial charge in [-0.25, -0.2) is 4.39 Å². The van der Waals surface area contributed by atoms with Crippen molar-refractivity contribution < 1.29 is 13.5 Å². The summed E-state index contributed by atoms with van der Waals surface area (Å²) in [5, 5.41) is 2.87. The largest absolute Gasteiger partial charge is 0.473 e. The summed E-state index contributed by atoms with van der Waals surface area (Å²) >= 11 is 0. The highest BCUT2D eigenvalue weighted by Gasteiger charge is 2.08. The maximum Gasteiger partial charge on any atom is 0.216 e. The van der Waals surface area contributed by atoms with Gasteiger partial charge in [-0.3, -0.25) is 0 Å². The summed E-state index contributed by atoms with van der Waals surface area (Å²) in [5.74, 6) is -0.881. The van der Waals surface area contributed by atoms with E-state index in [-0.39, 0.29) is 18.3 Å². The van der Waals surface area contributed by atoms with E-state index in [1.54, 1.807) is 19.2 Å². The topological polar surface area (TPSA) is 34.1 Å². The molecule has 2 aromatic rings. The van der Waals surface area contributed by atoms with Gasteiger partial charge >= 0.3 is 0 Å². The summed E-state index contributed by atoms with van der Waals surface area (Å²) in [4.78, 5) is 3.54. The van der Waals surface area contributed by atoms with Crippen molar-refractivity contribution in [3.63, 3.8) is 0 Å². The Morgan fingerprint density at radius 1 is 1.17 bits per heavy atom. The van der Waals surface area contributed by atoms with E-state index in [1.807, 2.05) is 0 Å². The smallest absolute Gasteiger partial charge is 0.216 e. The third-order valence-corrected chi connectivity index (χ3v) is 2.44. The van der Waals surface area contributed by atoms with Gasteiger partial charge in [-0.15, -0.1) is 0 Å². The highest BCUT2D eigenvalue weighted by molar-refractivity contribution is 5.51. The molecule has 5 heteroatoms. The minimum absolute atomic E-state index is 0.0146. The van der Waals surface area contributed by atoms with Gasteiger partial charge in [-0.1, -0.05) is 12.1 Å². The maximum absolute atomic E-state index is 13.6. The molecule has 0 spiro atoms. The zero-order valence-corrected chi connectivity index (χ0v) is 9.78. The van der Waals surface area contributed by atoms with Crippen molar-refractivity contribution in [2.45, 2.75) is 6.61 Å². The van der Waals surface area contributed by atoms with Gasteiger partial charge < -0.3 is 10.1 Å². The van der Waals surface area contributed by atoms with Gasteiger partial charge in [-0.05, 0) is 18.2 Å². The van der Waals surface area contributed by atoms with Crippen molar-refractivity contribution in [3.8, 4) is 5.88 Å². The molecule has 0 radical (unpaired) electrons. The van der Waals surface area contributed by atoms with Gasteiger partial charge in [0.05, 0.1) is 0 Å². The van der Waals surface area contributed by atoms with Crippen LogP contribution in [0.1, 0.15) is 5.56 Å². The van der Waals surface area contributed by atoms with Gasteiger partial charge in [0.25, 0.3) is 0 Å². The van der Waals surface area contributed by atoms with Crippen molar-refractivity contribution in [1.29, 1.82) is 0 Å². The molecule has 0 saturated carbocycles. The Labute approximate surface area is 103 Å². The molecular formula is C13H12F2N2O. The van der Waals surface area contributed by atoms with Crippen molar-refractivity contribution >= 4 is 5.69 Å². The first-order valence-corrected chi connectivity index (χ1v) is 5.41. The first kappa shape index (κ1) is 12.3. The number of nitrogens with one attached hydrogen (secondary N) is 1. The van der Waals surface area contributed by atoms with Gasteiger partial charge in [0.15, 0.2) is 0 Å². The van der Waals surface area contributed by atoms with Crippen molar-refractivity contribution in [1.82, 2.24) is 4.98 Å². The Morgan fingerprint density at radius 2 is 1.94 bits per heavy atom. The number of hydrogen-bond donors (Lipinski definition) is 1. The van der Waals surface area contributed by atoms with E-state index in [2.05, 4.69) is 10.3 Å². The molecule has 0 saturated heterocycles. The Kier molecular flexibility index (Phi) is 3.72. The zero-order valence-electron chi connectivity index (χ0n) is 9.78. The van der Waals surface area contributed by atoms with Gasteiger partial charge in [0.2, 0.25) is 11.8 Å². The van der Waals surface area contributed by atoms with E-state index in [4.69, 9.17) is 4.74 Å². The molecule has 2 rings (SSSR count). The van der Waals surface area contributed by atoms with E-state index >= 15 is 0 Å². The lowest BCUT2D eigenvalue weighted by Crippen LogP contribution is -2.04. The van der Waals surface area contributed by atoms with Crippen LogP contribution in [0.25, 0.3) is 0 Å². The molecule has 94 valence electrons. The Bertz CT molecular complexity index is 546. The number of halogens is 2. The molecule has 1 N–H and O–H groups in total. The number of anilines is 1. The summed E-state index contributed by atoms with van der Waals surface area (Å²) in [5.41, 5.74) is 1.01. The number of pyridine rings is 1. The number of rotatable bonds is 4. The predicted molar refractivity (Wildman–Crippen MR) is 64.5 cm³/mol. The molecule has 0 amide bonds. The summed E-state index contributed by atoms with van der Waals surface area (Å²) in [6.07, 6.45) is 0. The Balaban J connectivity index is 2.15.